The van der Waals surface area contributed by atoms with E-state index in [1.807, 2.05) is 24.5 Å². The van der Waals surface area contributed by atoms with Crippen LogP contribution in [0.3, 0.4) is 0 Å². The van der Waals surface area contributed by atoms with Crippen molar-refractivity contribution in [3.63, 3.8) is 0 Å². The van der Waals surface area contributed by atoms with Gasteiger partial charge >= 0.3 is 0 Å². The van der Waals surface area contributed by atoms with Crippen LogP contribution in [0.5, 0.6) is 0 Å². The van der Waals surface area contributed by atoms with Gasteiger partial charge in [0.25, 0.3) is 0 Å². The Labute approximate surface area is 135 Å². The smallest absolute Gasteiger partial charge is 0.187 e. The molecule has 0 spiro atoms. The van der Waals surface area contributed by atoms with Crippen molar-refractivity contribution in [1.29, 1.82) is 0 Å². The lowest BCUT2D eigenvalue weighted by atomic mass is 9.99. The van der Waals surface area contributed by atoms with Crippen LogP contribution in [0.2, 0.25) is 0 Å². The van der Waals surface area contributed by atoms with Crippen molar-refractivity contribution >= 4 is 11.8 Å². The summed E-state index contributed by atoms with van der Waals surface area (Å²) >= 11 is 1.66. The maximum atomic E-state index is 13.0. The van der Waals surface area contributed by atoms with Gasteiger partial charge in [-0.3, -0.25) is 4.90 Å². The number of benzene rings is 1. The van der Waals surface area contributed by atoms with E-state index < -0.39 is 0 Å². The molecule has 1 saturated heterocycles. The molecule has 0 N–H and O–H groups in total. The van der Waals surface area contributed by atoms with E-state index in [-0.39, 0.29) is 5.82 Å². The van der Waals surface area contributed by atoms with Crippen molar-refractivity contribution in [3.05, 3.63) is 53.6 Å². The van der Waals surface area contributed by atoms with Gasteiger partial charge in [0.1, 0.15) is 5.82 Å². The summed E-state index contributed by atoms with van der Waals surface area (Å²) in [7, 11) is 0. The molecule has 2 aromatic rings. The summed E-state index contributed by atoms with van der Waals surface area (Å²) in [6.07, 6.45) is 4.97. The minimum absolute atomic E-state index is 0.166. The number of hydrogen-bond donors (Lipinski definition) is 0. The largest absolute Gasteiger partial charge is 0.298 e. The van der Waals surface area contributed by atoms with E-state index in [1.54, 1.807) is 23.9 Å². The Hall–Kier alpha value is -1.46. The molecule has 1 aliphatic heterocycles. The second-order valence-electron chi connectivity index (χ2n) is 5.58. The summed E-state index contributed by atoms with van der Waals surface area (Å²) < 4.78 is 13.0. The minimum atomic E-state index is -0.166. The van der Waals surface area contributed by atoms with Gasteiger partial charge in [0, 0.05) is 31.0 Å². The Morgan fingerprint density at radius 3 is 2.64 bits per heavy atom. The maximum Gasteiger partial charge on any atom is 0.187 e. The van der Waals surface area contributed by atoms with Crippen LogP contribution < -0.4 is 0 Å². The molecule has 3 nitrogen and oxygen atoms in total. The Balaban J connectivity index is 1.57. The number of hydrogen-bond acceptors (Lipinski definition) is 4. The summed E-state index contributed by atoms with van der Waals surface area (Å²) in [5.41, 5.74) is 2.38. The molecular weight excluding hydrogens is 297 g/mol. The number of nitrogens with zero attached hydrogens (tertiary/aromatic N) is 3. The van der Waals surface area contributed by atoms with Crippen molar-refractivity contribution in [3.8, 4) is 0 Å². The van der Waals surface area contributed by atoms with E-state index in [2.05, 4.69) is 21.8 Å². The zero-order valence-electron chi connectivity index (χ0n) is 12.7. The highest BCUT2D eigenvalue weighted by Crippen LogP contribution is 2.28. The predicted molar refractivity (Wildman–Crippen MR) is 87.5 cm³/mol. The van der Waals surface area contributed by atoms with E-state index in [0.29, 0.717) is 5.92 Å². The van der Waals surface area contributed by atoms with Gasteiger partial charge in [-0.25, -0.2) is 14.4 Å². The van der Waals surface area contributed by atoms with E-state index in [9.17, 15) is 4.39 Å². The lowest BCUT2D eigenvalue weighted by molar-refractivity contribution is 0.325. The SMILES string of the molecule is CCSc1ncc(CN2CC[C@H](c3ccc(F)cc3)C2)cn1. The van der Waals surface area contributed by atoms with Gasteiger partial charge in [0.05, 0.1) is 0 Å². The fourth-order valence-electron chi connectivity index (χ4n) is 2.87. The van der Waals surface area contributed by atoms with Crippen LogP contribution in [0.1, 0.15) is 30.4 Å². The number of rotatable bonds is 5. The third-order valence-corrected chi connectivity index (χ3v) is 4.73. The van der Waals surface area contributed by atoms with Crippen LogP contribution in [-0.4, -0.2) is 33.7 Å². The van der Waals surface area contributed by atoms with Crippen LogP contribution in [0.25, 0.3) is 0 Å². The minimum Gasteiger partial charge on any atom is -0.298 e. The number of halogens is 1. The van der Waals surface area contributed by atoms with E-state index in [0.717, 1.165) is 42.5 Å². The molecule has 1 aliphatic rings. The molecule has 5 heteroatoms. The molecule has 0 bridgehead atoms. The lowest BCUT2D eigenvalue weighted by Gasteiger charge is -2.16. The summed E-state index contributed by atoms with van der Waals surface area (Å²) in [6, 6.07) is 6.92. The normalized spacial score (nSPS) is 18.7. The van der Waals surface area contributed by atoms with E-state index >= 15 is 0 Å². The first-order chi connectivity index (χ1) is 10.7. The summed E-state index contributed by atoms with van der Waals surface area (Å²) in [4.78, 5) is 11.2. The van der Waals surface area contributed by atoms with Crippen molar-refractivity contribution in [2.75, 3.05) is 18.8 Å². The molecule has 0 amide bonds. The molecule has 2 heterocycles. The van der Waals surface area contributed by atoms with Crippen LogP contribution >= 0.6 is 11.8 Å². The zero-order valence-corrected chi connectivity index (χ0v) is 13.5. The molecule has 22 heavy (non-hydrogen) atoms. The summed E-state index contributed by atoms with van der Waals surface area (Å²) in [5.74, 6) is 1.32. The topological polar surface area (TPSA) is 29.0 Å². The second-order valence-corrected chi connectivity index (χ2v) is 6.81. The maximum absolute atomic E-state index is 13.0. The Morgan fingerprint density at radius 2 is 1.95 bits per heavy atom. The predicted octanol–water partition coefficient (Wildman–Crippen LogP) is 3.72. The molecule has 3 rings (SSSR count). The van der Waals surface area contributed by atoms with Crippen molar-refractivity contribution in [2.45, 2.75) is 31.0 Å². The first kappa shape index (κ1) is 15.4. The molecule has 1 atom stereocenters. The molecule has 1 aromatic heterocycles. The van der Waals surface area contributed by atoms with Crippen molar-refractivity contribution < 1.29 is 4.39 Å². The average molecular weight is 317 g/mol. The van der Waals surface area contributed by atoms with Crippen LogP contribution in [-0.2, 0) is 6.54 Å². The van der Waals surface area contributed by atoms with Gasteiger partial charge in [-0.15, -0.1) is 0 Å². The van der Waals surface area contributed by atoms with Crippen LogP contribution in [0.4, 0.5) is 4.39 Å². The monoisotopic (exact) mass is 317 g/mol. The molecule has 0 radical (unpaired) electrons. The van der Waals surface area contributed by atoms with Gasteiger partial charge < -0.3 is 0 Å². The first-order valence-corrected chi connectivity index (χ1v) is 8.64. The highest BCUT2D eigenvalue weighted by Gasteiger charge is 2.23. The molecule has 116 valence electrons. The first-order valence-electron chi connectivity index (χ1n) is 7.66. The molecule has 0 aliphatic carbocycles. The lowest BCUT2D eigenvalue weighted by Crippen LogP contribution is -2.20. The molecule has 1 aromatic carbocycles. The summed E-state index contributed by atoms with van der Waals surface area (Å²) in [5, 5.41) is 0.844. The highest BCUT2D eigenvalue weighted by molar-refractivity contribution is 7.99. The molecule has 0 saturated carbocycles. The molecule has 1 fully saturated rings. The molecule has 0 unspecified atom stereocenters. The third kappa shape index (κ3) is 3.84. The fraction of sp³-hybridized carbons (Fsp3) is 0.412. The van der Waals surface area contributed by atoms with Crippen LogP contribution in [0.15, 0.2) is 41.8 Å². The summed E-state index contributed by atoms with van der Waals surface area (Å²) in [6.45, 7) is 5.06. The Morgan fingerprint density at radius 1 is 1.23 bits per heavy atom. The number of thioether (sulfide) groups is 1. The van der Waals surface area contributed by atoms with Gasteiger partial charge in [-0.05, 0) is 42.3 Å². The van der Waals surface area contributed by atoms with Crippen molar-refractivity contribution in [2.24, 2.45) is 0 Å². The van der Waals surface area contributed by atoms with Gasteiger partial charge in [0.2, 0.25) is 0 Å². The van der Waals surface area contributed by atoms with Gasteiger partial charge in [-0.1, -0.05) is 30.8 Å². The van der Waals surface area contributed by atoms with E-state index in [4.69, 9.17) is 0 Å². The average Bonchev–Trinajstić information content (AvgIpc) is 2.99. The van der Waals surface area contributed by atoms with Gasteiger partial charge in [0.15, 0.2) is 5.16 Å². The van der Waals surface area contributed by atoms with Crippen LogP contribution in [0, 0.1) is 5.82 Å². The number of aromatic nitrogens is 2. The highest BCUT2D eigenvalue weighted by atomic mass is 32.2. The second kappa shape index (κ2) is 7.20. The molecular formula is C17H20FN3S. The zero-order chi connectivity index (χ0) is 15.4. The Kier molecular flexibility index (Phi) is 5.05. The fourth-order valence-corrected chi connectivity index (χ4v) is 3.38. The quantitative estimate of drug-likeness (QED) is 0.621. The standard InChI is InChI=1S/C17H20FN3S/c1-2-22-17-19-9-13(10-20-17)11-21-8-7-15(12-21)14-3-5-16(18)6-4-14/h3-6,9-10,15H,2,7-8,11-12H2,1H3/t15-/m0/s1. The number of likely N-dealkylation sites (tertiary alicyclic amines) is 1. The Bertz CT molecular complexity index is 600. The van der Waals surface area contributed by atoms with E-state index in [1.165, 1.54) is 5.56 Å². The van der Waals surface area contributed by atoms with Gasteiger partial charge in [-0.2, -0.15) is 0 Å². The van der Waals surface area contributed by atoms with Crippen molar-refractivity contribution in [1.82, 2.24) is 14.9 Å². The third-order valence-electron chi connectivity index (χ3n) is 3.98.